The van der Waals surface area contributed by atoms with E-state index >= 15 is 0 Å². The van der Waals surface area contributed by atoms with Gasteiger partial charge in [0.1, 0.15) is 6.10 Å². The summed E-state index contributed by atoms with van der Waals surface area (Å²) in [6, 6.07) is 21.6. The third-order valence-electron chi connectivity index (χ3n) is 5.33. The topological polar surface area (TPSA) is 60.4 Å². The van der Waals surface area contributed by atoms with Crippen molar-refractivity contribution in [2.45, 2.75) is 36.4 Å². The minimum atomic E-state index is -4.49. The molecule has 0 aromatic heterocycles. The second-order valence-electron chi connectivity index (χ2n) is 7.89. The Bertz CT molecular complexity index is 1240. The molecule has 0 bridgehead atoms. The highest BCUT2D eigenvalue weighted by Gasteiger charge is 2.33. The van der Waals surface area contributed by atoms with Crippen molar-refractivity contribution in [3.05, 3.63) is 114 Å². The minimum Gasteiger partial charge on any atom is -0.458 e. The molecule has 35 heavy (non-hydrogen) atoms. The summed E-state index contributed by atoms with van der Waals surface area (Å²) >= 11 is 0. The maximum absolute atomic E-state index is 13.4. The molecule has 184 valence electrons. The number of sulfone groups is 1. The normalized spacial score (nSPS) is 13.0. The fourth-order valence-corrected chi connectivity index (χ4v) is 4.67. The lowest BCUT2D eigenvalue weighted by molar-refractivity contribution is -0.138. The van der Waals surface area contributed by atoms with E-state index in [1.54, 1.807) is 54.6 Å². The zero-order valence-electron chi connectivity index (χ0n) is 18.8. The molecule has 1 unspecified atom stereocenters. The zero-order chi connectivity index (χ0) is 25.3. The van der Waals surface area contributed by atoms with Crippen LogP contribution in [0.25, 0.3) is 0 Å². The Balaban J connectivity index is 1.71. The highest BCUT2D eigenvalue weighted by molar-refractivity contribution is 7.91. The Morgan fingerprint density at radius 3 is 2.11 bits per heavy atom. The van der Waals surface area contributed by atoms with Crippen molar-refractivity contribution in [3.8, 4) is 0 Å². The van der Waals surface area contributed by atoms with Gasteiger partial charge in [-0.1, -0.05) is 66.7 Å². The van der Waals surface area contributed by atoms with Gasteiger partial charge in [0.15, 0.2) is 9.84 Å². The molecule has 0 amide bonds. The molecule has 0 spiro atoms. The molecule has 0 aliphatic carbocycles. The molecular weight excluding hydrogens is 477 g/mol. The first kappa shape index (κ1) is 26.2. The van der Waals surface area contributed by atoms with Gasteiger partial charge < -0.3 is 4.74 Å². The molecule has 8 heteroatoms. The van der Waals surface area contributed by atoms with Crippen LogP contribution in [0.5, 0.6) is 0 Å². The number of hydrogen-bond acceptors (Lipinski definition) is 4. The monoisotopic (exact) mass is 502 g/mol. The van der Waals surface area contributed by atoms with E-state index in [2.05, 4.69) is 0 Å². The molecule has 0 saturated heterocycles. The Morgan fingerprint density at radius 2 is 1.46 bits per heavy atom. The van der Waals surface area contributed by atoms with E-state index in [0.717, 1.165) is 6.07 Å². The summed E-state index contributed by atoms with van der Waals surface area (Å²) in [5, 5.41) is 0. The lowest BCUT2D eigenvalue weighted by Gasteiger charge is -2.18. The van der Waals surface area contributed by atoms with Gasteiger partial charge in [0.25, 0.3) is 0 Å². The van der Waals surface area contributed by atoms with E-state index in [0.29, 0.717) is 5.56 Å². The third kappa shape index (κ3) is 7.82. The van der Waals surface area contributed by atoms with E-state index in [1.165, 1.54) is 36.4 Å². The number of carbonyl (C=O) groups is 1. The Morgan fingerprint density at radius 1 is 0.857 bits per heavy atom. The summed E-state index contributed by atoms with van der Waals surface area (Å²) in [6.07, 6.45) is -1.83. The zero-order valence-corrected chi connectivity index (χ0v) is 19.6. The van der Waals surface area contributed by atoms with Gasteiger partial charge >= 0.3 is 12.1 Å². The summed E-state index contributed by atoms with van der Waals surface area (Å²) in [7, 11) is -3.52. The van der Waals surface area contributed by atoms with Crippen LogP contribution in [0.3, 0.4) is 0 Å². The predicted octanol–water partition coefficient (Wildman–Crippen LogP) is 6.28. The van der Waals surface area contributed by atoms with Crippen molar-refractivity contribution in [2.24, 2.45) is 0 Å². The first-order chi connectivity index (χ1) is 16.7. The first-order valence-electron chi connectivity index (χ1n) is 11.0. The molecule has 3 aromatic carbocycles. The van der Waals surface area contributed by atoms with E-state index in [-0.39, 0.29) is 35.5 Å². The van der Waals surface area contributed by atoms with Crippen LogP contribution < -0.4 is 0 Å². The van der Waals surface area contributed by atoms with Gasteiger partial charge in [-0.05, 0) is 48.7 Å². The smallest absolute Gasteiger partial charge is 0.416 e. The van der Waals surface area contributed by atoms with Crippen LogP contribution in [0.2, 0.25) is 0 Å². The van der Waals surface area contributed by atoms with Gasteiger partial charge in [0.05, 0.1) is 21.8 Å². The van der Waals surface area contributed by atoms with Crippen LogP contribution in [-0.2, 0) is 27.2 Å². The summed E-state index contributed by atoms with van der Waals surface area (Å²) in [6.45, 7) is 0. The second kappa shape index (κ2) is 11.8. The number of carbonyl (C=O) groups excluding carboxylic acids is 1. The molecule has 0 saturated carbocycles. The fourth-order valence-electron chi connectivity index (χ4n) is 3.52. The summed E-state index contributed by atoms with van der Waals surface area (Å²) in [5.41, 5.74) is -0.294. The van der Waals surface area contributed by atoms with Gasteiger partial charge in [0, 0.05) is 6.42 Å². The molecule has 0 aliphatic heterocycles. The molecule has 3 aromatic rings. The Kier molecular flexibility index (Phi) is 8.87. The molecule has 1 atom stereocenters. The quantitative estimate of drug-likeness (QED) is 0.242. The minimum absolute atomic E-state index is 0.0403. The van der Waals surface area contributed by atoms with Crippen molar-refractivity contribution in [1.29, 1.82) is 0 Å². The Labute approximate surface area is 203 Å². The lowest BCUT2D eigenvalue weighted by atomic mass is 9.99. The molecule has 0 radical (unpaired) electrons. The number of alkyl halides is 3. The molecule has 0 fully saturated rings. The first-order valence-corrected chi connectivity index (χ1v) is 12.7. The van der Waals surface area contributed by atoms with Gasteiger partial charge in [-0.15, -0.1) is 0 Å². The number of benzene rings is 3. The highest BCUT2D eigenvalue weighted by atomic mass is 32.2. The number of ether oxygens (including phenoxy) is 1. The number of rotatable bonds is 10. The van der Waals surface area contributed by atoms with Gasteiger partial charge in [-0.2, -0.15) is 13.2 Å². The molecule has 3 rings (SSSR count). The third-order valence-corrected chi connectivity index (χ3v) is 6.95. The number of esters is 1. The highest BCUT2D eigenvalue weighted by Crippen LogP contribution is 2.32. The molecule has 4 nitrogen and oxygen atoms in total. The molecular formula is C27H25F3O4S. The van der Waals surface area contributed by atoms with Crippen molar-refractivity contribution in [1.82, 2.24) is 0 Å². The maximum atomic E-state index is 13.4. The van der Waals surface area contributed by atoms with Gasteiger partial charge in [-0.3, -0.25) is 0 Å². The predicted molar refractivity (Wildman–Crippen MR) is 128 cm³/mol. The number of aryl methyl sites for hydroxylation is 1. The largest absolute Gasteiger partial charge is 0.458 e. The maximum Gasteiger partial charge on any atom is 0.416 e. The van der Waals surface area contributed by atoms with Crippen molar-refractivity contribution >= 4 is 15.8 Å². The Hall–Kier alpha value is -3.39. The van der Waals surface area contributed by atoms with E-state index in [1.807, 2.05) is 0 Å². The van der Waals surface area contributed by atoms with Crippen LogP contribution >= 0.6 is 0 Å². The average molecular weight is 503 g/mol. The van der Waals surface area contributed by atoms with E-state index in [4.69, 9.17) is 4.74 Å². The molecule has 0 N–H and O–H groups in total. The standard InChI is InChI=1S/C27H25F3O4S/c28-27(29,30)25-17-8-7-11-21(25)18-19-23(34-26(31)22-12-3-1-4-13-22)14-9-10-20-35(32,33)24-15-5-2-6-16-24/h1-13,15-17,23H,14,18-20H2/b10-9+. The summed E-state index contributed by atoms with van der Waals surface area (Å²) < 4.78 is 70.5. The van der Waals surface area contributed by atoms with E-state index in [9.17, 15) is 26.4 Å². The van der Waals surface area contributed by atoms with Crippen molar-refractivity contribution < 1.29 is 31.1 Å². The van der Waals surface area contributed by atoms with Gasteiger partial charge in [0.2, 0.25) is 0 Å². The van der Waals surface area contributed by atoms with Crippen LogP contribution in [0.15, 0.2) is 102 Å². The lowest BCUT2D eigenvalue weighted by Crippen LogP contribution is -2.19. The van der Waals surface area contributed by atoms with E-state index < -0.39 is 33.7 Å². The van der Waals surface area contributed by atoms with Crippen molar-refractivity contribution in [3.63, 3.8) is 0 Å². The SMILES string of the molecule is O=C(OC(C/C=C/CS(=O)(=O)c1ccccc1)CCc1ccccc1C(F)(F)F)c1ccccc1. The van der Waals surface area contributed by atoms with Crippen molar-refractivity contribution in [2.75, 3.05) is 5.75 Å². The summed E-state index contributed by atoms with van der Waals surface area (Å²) in [5.74, 6) is -0.835. The fraction of sp³-hybridized carbons (Fsp3) is 0.222. The molecule has 0 aliphatic rings. The second-order valence-corrected chi connectivity index (χ2v) is 9.92. The number of hydrogen-bond donors (Lipinski definition) is 0. The molecule has 0 heterocycles. The van der Waals surface area contributed by atoms with Crippen LogP contribution in [0, 0.1) is 0 Å². The summed E-state index contributed by atoms with van der Waals surface area (Å²) in [4.78, 5) is 12.7. The number of halogens is 3. The average Bonchev–Trinajstić information content (AvgIpc) is 2.85. The van der Waals surface area contributed by atoms with Crippen LogP contribution in [-0.4, -0.2) is 26.2 Å². The van der Waals surface area contributed by atoms with Gasteiger partial charge in [-0.25, -0.2) is 13.2 Å². The van der Waals surface area contributed by atoms with Crippen LogP contribution in [0.1, 0.15) is 34.3 Å². The van der Waals surface area contributed by atoms with Crippen LogP contribution in [0.4, 0.5) is 13.2 Å².